The first-order chi connectivity index (χ1) is 11.1. The van der Waals surface area contributed by atoms with Crippen molar-refractivity contribution >= 4 is 10.8 Å². The molecular weight excluding hydrogens is 276 g/mol. The second kappa shape index (κ2) is 6.20. The van der Waals surface area contributed by atoms with Gasteiger partial charge in [-0.2, -0.15) is 0 Å². The zero-order valence-electron chi connectivity index (χ0n) is 14.9. The molecule has 0 heteroatoms. The molecule has 0 amide bonds. The van der Waals surface area contributed by atoms with Crippen molar-refractivity contribution in [3.05, 3.63) is 70.8 Å². The molecule has 0 saturated carbocycles. The molecule has 4 rings (SSSR count). The SMILES string of the molecule is CCC.Cc1ccc2c(c1)C(C)c1cc(C)c3ccccc3c1-2. The molecule has 0 aliphatic heterocycles. The van der Waals surface area contributed by atoms with Gasteiger partial charge in [-0.15, -0.1) is 0 Å². The summed E-state index contributed by atoms with van der Waals surface area (Å²) in [5, 5.41) is 2.78. The van der Waals surface area contributed by atoms with Crippen LogP contribution in [-0.4, -0.2) is 0 Å². The molecule has 0 nitrogen and oxygen atoms in total. The predicted octanol–water partition coefficient (Wildman–Crippen LogP) is 7.01. The molecule has 0 bridgehead atoms. The lowest BCUT2D eigenvalue weighted by Crippen LogP contribution is -1.91. The molecule has 0 radical (unpaired) electrons. The van der Waals surface area contributed by atoms with Crippen LogP contribution in [0.1, 0.15) is 55.4 Å². The van der Waals surface area contributed by atoms with Crippen molar-refractivity contribution in [1.29, 1.82) is 0 Å². The van der Waals surface area contributed by atoms with E-state index >= 15 is 0 Å². The van der Waals surface area contributed by atoms with E-state index in [9.17, 15) is 0 Å². The predicted molar refractivity (Wildman–Crippen MR) is 102 cm³/mol. The van der Waals surface area contributed by atoms with Gasteiger partial charge in [0.05, 0.1) is 0 Å². The first-order valence-electron chi connectivity index (χ1n) is 8.71. The van der Waals surface area contributed by atoms with Crippen LogP contribution in [0.3, 0.4) is 0 Å². The normalized spacial score (nSPS) is 14.9. The van der Waals surface area contributed by atoms with E-state index in [4.69, 9.17) is 0 Å². The van der Waals surface area contributed by atoms with E-state index in [0.29, 0.717) is 5.92 Å². The molecule has 3 aromatic carbocycles. The fourth-order valence-electron chi connectivity index (χ4n) is 3.66. The van der Waals surface area contributed by atoms with Crippen molar-refractivity contribution < 1.29 is 0 Å². The van der Waals surface area contributed by atoms with Crippen LogP contribution in [0.5, 0.6) is 0 Å². The Hall–Kier alpha value is -2.08. The van der Waals surface area contributed by atoms with Crippen LogP contribution in [0, 0.1) is 13.8 Å². The third-order valence-corrected chi connectivity index (χ3v) is 4.69. The molecule has 0 spiro atoms. The van der Waals surface area contributed by atoms with Crippen LogP contribution >= 0.6 is 0 Å². The fraction of sp³-hybridized carbons (Fsp3) is 0.304. The maximum Gasteiger partial charge on any atom is 0.00737 e. The van der Waals surface area contributed by atoms with Gasteiger partial charge in [0.15, 0.2) is 0 Å². The highest BCUT2D eigenvalue weighted by Crippen LogP contribution is 2.48. The summed E-state index contributed by atoms with van der Waals surface area (Å²) in [6.45, 7) is 11.0. The summed E-state index contributed by atoms with van der Waals surface area (Å²) in [6.07, 6.45) is 1.25. The summed E-state index contributed by atoms with van der Waals surface area (Å²) < 4.78 is 0. The van der Waals surface area contributed by atoms with Gasteiger partial charge in [0, 0.05) is 5.92 Å². The molecule has 0 aromatic heterocycles. The molecule has 0 fully saturated rings. The van der Waals surface area contributed by atoms with E-state index < -0.39 is 0 Å². The van der Waals surface area contributed by atoms with Crippen LogP contribution in [0.2, 0.25) is 0 Å². The van der Waals surface area contributed by atoms with Gasteiger partial charge in [-0.05, 0) is 52.4 Å². The summed E-state index contributed by atoms with van der Waals surface area (Å²) in [7, 11) is 0. The van der Waals surface area contributed by atoms with Crippen molar-refractivity contribution in [2.24, 2.45) is 0 Å². The number of rotatable bonds is 0. The number of aryl methyl sites for hydroxylation is 2. The molecule has 1 unspecified atom stereocenters. The molecular formula is C23H26. The average Bonchev–Trinajstić information content (AvgIpc) is 2.81. The Balaban J connectivity index is 0.000000485. The van der Waals surface area contributed by atoms with Gasteiger partial charge in [0.1, 0.15) is 0 Å². The standard InChI is InChI=1S/C20H18.C3H8/c1-12-8-9-17-18(10-12)14(3)19-11-13(2)15-6-4-5-7-16(15)20(17)19;1-3-2/h4-11,14H,1-3H3;3H2,1-2H3. The Morgan fingerprint density at radius 2 is 1.48 bits per heavy atom. The third kappa shape index (κ3) is 2.57. The fourth-order valence-corrected chi connectivity index (χ4v) is 3.66. The van der Waals surface area contributed by atoms with Gasteiger partial charge in [-0.3, -0.25) is 0 Å². The van der Waals surface area contributed by atoms with Crippen molar-refractivity contribution in [1.82, 2.24) is 0 Å². The maximum atomic E-state index is 2.39. The molecule has 1 aliphatic carbocycles. The first kappa shape index (κ1) is 15.8. The Morgan fingerprint density at radius 1 is 0.826 bits per heavy atom. The smallest absolute Gasteiger partial charge is 0.00737 e. The second-order valence-corrected chi connectivity index (χ2v) is 6.72. The first-order valence-corrected chi connectivity index (χ1v) is 8.71. The zero-order valence-corrected chi connectivity index (χ0v) is 14.9. The Kier molecular flexibility index (Phi) is 4.26. The van der Waals surface area contributed by atoms with Gasteiger partial charge in [0.25, 0.3) is 0 Å². The molecule has 23 heavy (non-hydrogen) atoms. The van der Waals surface area contributed by atoms with Crippen LogP contribution < -0.4 is 0 Å². The van der Waals surface area contributed by atoms with E-state index in [-0.39, 0.29) is 0 Å². The second-order valence-electron chi connectivity index (χ2n) is 6.72. The van der Waals surface area contributed by atoms with E-state index in [1.54, 1.807) is 0 Å². The third-order valence-electron chi connectivity index (χ3n) is 4.69. The molecule has 118 valence electrons. The molecule has 0 saturated heterocycles. The van der Waals surface area contributed by atoms with Crippen LogP contribution in [0.15, 0.2) is 48.5 Å². The van der Waals surface area contributed by atoms with Crippen LogP contribution in [0.25, 0.3) is 21.9 Å². The Bertz CT molecular complexity index is 855. The van der Waals surface area contributed by atoms with Crippen LogP contribution in [-0.2, 0) is 0 Å². The minimum atomic E-state index is 0.503. The number of fused-ring (bicyclic) bond motifs is 5. The number of hydrogen-bond donors (Lipinski definition) is 0. The molecule has 0 N–H and O–H groups in total. The quantitative estimate of drug-likeness (QED) is 0.419. The molecule has 1 aliphatic rings. The lowest BCUT2D eigenvalue weighted by molar-refractivity contribution is 0.953. The minimum Gasteiger partial charge on any atom is -0.0656 e. The maximum absolute atomic E-state index is 2.39. The topological polar surface area (TPSA) is 0 Å². The summed E-state index contributed by atoms with van der Waals surface area (Å²) >= 11 is 0. The zero-order chi connectivity index (χ0) is 16.6. The van der Waals surface area contributed by atoms with Crippen molar-refractivity contribution in [2.45, 2.75) is 47.0 Å². The summed E-state index contributed by atoms with van der Waals surface area (Å²) in [4.78, 5) is 0. The summed E-state index contributed by atoms with van der Waals surface area (Å²) in [6, 6.07) is 18.1. The van der Waals surface area contributed by atoms with Crippen molar-refractivity contribution in [3.63, 3.8) is 0 Å². The summed E-state index contributed by atoms with van der Waals surface area (Å²) in [5.74, 6) is 0.503. The van der Waals surface area contributed by atoms with Crippen molar-refractivity contribution in [2.75, 3.05) is 0 Å². The number of benzene rings is 3. The van der Waals surface area contributed by atoms with Gasteiger partial charge in [-0.25, -0.2) is 0 Å². The monoisotopic (exact) mass is 302 g/mol. The highest BCUT2D eigenvalue weighted by atomic mass is 14.3. The van der Waals surface area contributed by atoms with Gasteiger partial charge < -0.3 is 0 Å². The Labute approximate surface area is 140 Å². The molecule has 3 aromatic rings. The lowest BCUT2D eigenvalue weighted by atomic mass is 9.93. The van der Waals surface area contributed by atoms with Gasteiger partial charge >= 0.3 is 0 Å². The van der Waals surface area contributed by atoms with Crippen molar-refractivity contribution in [3.8, 4) is 11.1 Å². The van der Waals surface area contributed by atoms with Crippen LogP contribution in [0.4, 0.5) is 0 Å². The molecule has 0 heterocycles. The van der Waals surface area contributed by atoms with E-state index in [0.717, 1.165) is 0 Å². The van der Waals surface area contributed by atoms with E-state index in [2.05, 4.69) is 83.1 Å². The number of hydrogen-bond acceptors (Lipinski definition) is 0. The highest BCUT2D eigenvalue weighted by Gasteiger charge is 2.27. The van der Waals surface area contributed by atoms with Gasteiger partial charge in [0.2, 0.25) is 0 Å². The van der Waals surface area contributed by atoms with Gasteiger partial charge in [-0.1, -0.05) is 81.3 Å². The van der Waals surface area contributed by atoms with E-state index in [1.807, 2.05) is 0 Å². The highest BCUT2D eigenvalue weighted by molar-refractivity contribution is 6.03. The largest absolute Gasteiger partial charge is 0.0656 e. The van der Waals surface area contributed by atoms with E-state index in [1.165, 1.54) is 50.6 Å². The average molecular weight is 302 g/mol. The Morgan fingerprint density at radius 3 is 2.17 bits per heavy atom. The minimum absolute atomic E-state index is 0.503. The summed E-state index contributed by atoms with van der Waals surface area (Å²) in [5.41, 5.74) is 8.58. The lowest BCUT2D eigenvalue weighted by Gasteiger charge is -2.11. The molecule has 1 atom stereocenters.